The molecule has 0 saturated heterocycles. The summed E-state index contributed by atoms with van der Waals surface area (Å²) in [5.74, 6) is 0.699. The van der Waals surface area contributed by atoms with E-state index in [2.05, 4.69) is 10.3 Å². The Kier molecular flexibility index (Phi) is 5.19. The fourth-order valence-corrected chi connectivity index (χ4v) is 2.47. The number of ether oxygens (including phenoxy) is 2. The van der Waals surface area contributed by atoms with Gasteiger partial charge in [-0.1, -0.05) is 11.6 Å². The topological polar surface area (TPSA) is 60.5 Å². The summed E-state index contributed by atoms with van der Waals surface area (Å²) in [7, 11) is 3.04. The summed E-state index contributed by atoms with van der Waals surface area (Å²) < 4.78 is 10.3. The number of hydrogen-bond donors (Lipinski definition) is 1. The van der Waals surface area contributed by atoms with Crippen molar-refractivity contribution in [3.63, 3.8) is 0 Å². The molecular formula is C14H13ClN2O3S. The molecule has 2 aromatic rings. The van der Waals surface area contributed by atoms with Gasteiger partial charge in [-0.2, -0.15) is 0 Å². The molecule has 2 rings (SSSR count). The molecule has 0 aliphatic heterocycles. The number of nitrogens with zero attached hydrogens (tertiary/aromatic N) is 1. The minimum absolute atomic E-state index is 0.268. The zero-order valence-electron chi connectivity index (χ0n) is 11.4. The molecule has 110 valence electrons. The normalized spacial score (nSPS) is 10.6. The Morgan fingerprint density at radius 2 is 2.19 bits per heavy atom. The number of rotatable bonds is 5. The van der Waals surface area contributed by atoms with Crippen LogP contribution in [0.4, 0.5) is 5.13 Å². The van der Waals surface area contributed by atoms with Crippen LogP contribution in [0.1, 0.15) is 5.56 Å². The van der Waals surface area contributed by atoms with Gasteiger partial charge in [0, 0.05) is 17.7 Å². The molecule has 0 atom stereocenters. The molecule has 0 fully saturated rings. The van der Waals surface area contributed by atoms with Crippen molar-refractivity contribution in [2.45, 2.75) is 0 Å². The van der Waals surface area contributed by atoms with Crippen LogP contribution < -0.4 is 14.8 Å². The van der Waals surface area contributed by atoms with Gasteiger partial charge >= 0.3 is 0 Å². The van der Waals surface area contributed by atoms with Gasteiger partial charge < -0.3 is 9.47 Å². The highest BCUT2D eigenvalue weighted by Crippen LogP contribution is 2.36. The third kappa shape index (κ3) is 3.96. The lowest BCUT2D eigenvalue weighted by atomic mass is 10.2. The van der Waals surface area contributed by atoms with Crippen molar-refractivity contribution in [2.75, 3.05) is 19.5 Å². The van der Waals surface area contributed by atoms with Crippen LogP contribution in [0.5, 0.6) is 11.5 Å². The van der Waals surface area contributed by atoms with Gasteiger partial charge in [0.2, 0.25) is 5.91 Å². The van der Waals surface area contributed by atoms with E-state index >= 15 is 0 Å². The zero-order chi connectivity index (χ0) is 15.2. The lowest BCUT2D eigenvalue weighted by molar-refractivity contribution is -0.111. The van der Waals surface area contributed by atoms with E-state index in [0.717, 1.165) is 5.56 Å². The molecule has 7 heteroatoms. The number of hydrogen-bond acceptors (Lipinski definition) is 5. The molecule has 1 aromatic carbocycles. The summed E-state index contributed by atoms with van der Waals surface area (Å²) in [4.78, 5) is 15.7. The highest BCUT2D eigenvalue weighted by atomic mass is 35.5. The molecule has 5 nitrogen and oxygen atoms in total. The molecule has 1 aromatic heterocycles. The average molecular weight is 325 g/mol. The molecule has 21 heavy (non-hydrogen) atoms. The standard InChI is InChI=1S/C14H13ClN2O3S/c1-19-11-8-9(7-10(15)13(11)20-2)3-4-12(18)17-14-16-5-6-21-14/h3-8H,1-2H3,(H,16,17,18). The number of benzene rings is 1. The summed E-state index contributed by atoms with van der Waals surface area (Å²) in [6, 6.07) is 3.42. The molecule has 1 heterocycles. The third-order valence-corrected chi connectivity index (χ3v) is 3.51. The molecule has 0 unspecified atom stereocenters. The molecule has 0 aliphatic rings. The number of carbonyl (C=O) groups excluding carboxylic acids is 1. The van der Waals surface area contributed by atoms with Crippen LogP contribution in [0.3, 0.4) is 0 Å². The fraction of sp³-hybridized carbons (Fsp3) is 0.143. The Balaban J connectivity index is 2.13. The van der Waals surface area contributed by atoms with E-state index in [-0.39, 0.29) is 5.91 Å². The smallest absolute Gasteiger partial charge is 0.250 e. The van der Waals surface area contributed by atoms with Crippen molar-refractivity contribution in [3.05, 3.63) is 40.4 Å². The number of halogens is 1. The maximum Gasteiger partial charge on any atom is 0.250 e. The quantitative estimate of drug-likeness (QED) is 0.856. The van der Waals surface area contributed by atoms with Gasteiger partial charge in [-0.15, -0.1) is 11.3 Å². The number of carbonyl (C=O) groups is 1. The third-order valence-electron chi connectivity index (χ3n) is 2.55. The molecule has 1 N–H and O–H groups in total. The van der Waals surface area contributed by atoms with Gasteiger partial charge in [-0.25, -0.2) is 4.98 Å². The Labute approximate surface area is 131 Å². The molecule has 1 amide bonds. The van der Waals surface area contributed by atoms with Crippen LogP contribution in [-0.2, 0) is 4.79 Å². The van der Waals surface area contributed by atoms with E-state index in [0.29, 0.717) is 21.7 Å². The zero-order valence-corrected chi connectivity index (χ0v) is 13.0. The second-order valence-electron chi connectivity index (χ2n) is 3.90. The average Bonchev–Trinajstić information content (AvgIpc) is 2.97. The first kappa shape index (κ1) is 15.3. The molecule has 0 saturated carbocycles. The van der Waals surface area contributed by atoms with Gasteiger partial charge in [0.25, 0.3) is 0 Å². The molecule has 0 radical (unpaired) electrons. The van der Waals surface area contributed by atoms with Crippen molar-refractivity contribution >= 4 is 40.1 Å². The first-order valence-corrected chi connectivity index (χ1v) is 7.20. The predicted octanol–water partition coefficient (Wildman–Crippen LogP) is 3.47. The van der Waals surface area contributed by atoms with Crippen molar-refractivity contribution < 1.29 is 14.3 Å². The monoisotopic (exact) mass is 324 g/mol. The van der Waals surface area contributed by atoms with Gasteiger partial charge in [-0.3, -0.25) is 10.1 Å². The van der Waals surface area contributed by atoms with Gasteiger partial charge in [0.1, 0.15) is 0 Å². The molecule has 0 aliphatic carbocycles. The van der Waals surface area contributed by atoms with Crippen LogP contribution in [-0.4, -0.2) is 25.1 Å². The number of methoxy groups -OCH3 is 2. The second-order valence-corrected chi connectivity index (χ2v) is 5.20. The van der Waals surface area contributed by atoms with E-state index in [1.807, 2.05) is 0 Å². The maximum atomic E-state index is 11.7. The van der Waals surface area contributed by atoms with E-state index in [1.165, 1.54) is 31.6 Å². The van der Waals surface area contributed by atoms with Crippen molar-refractivity contribution in [2.24, 2.45) is 0 Å². The number of aromatic nitrogens is 1. The van der Waals surface area contributed by atoms with Gasteiger partial charge in [0.05, 0.1) is 19.2 Å². The van der Waals surface area contributed by atoms with Crippen LogP contribution in [0.2, 0.25) is 5.02 Å². The van der Waals surface area contributed by atoms with Crippen molar-refractivity contribution in [3.8, 4) is 11.5 Å². The Morgan fingerprint density at radius 1 is 1.38 bits per heavy atom. The lowest BCUT2D eigenvalue weighted by Crippen LogP contribution is -2.07. The highest BCUT2D eigenvalue weighted by Gasteiger charge is 2.09. The Morgan fingerprint density at radius 3 is 2.81 bits per heavy atom. The summed E-state index contributed by atoms with van der Waals surface area (Å²) in [5, 5.41) is 5.40. The van der Waals surface area contributed by atoms with Gasteiger partial charge in [-0.05, 0) is 23.8 Å². The summed E-state index contributed by atoms with van der Waals surface area (Å²) in [6.07, 6.45) is 4.66. The minimum atomic E-state index is -0.268. The predicted molar refractivity (Wildman–Crippen MR) is 84.3 cm³/mol. The van der Waals surface area contributed by atoms with Crippen LogP contribution in [0, 0.1) is 0 Å². The Hall–Kier alpha value is -2.05. The first-order valence-electron chi connectivity index (χ1n) is 5.94. The van der Waals surface area contributed by atoms with Crippen molar-refractivity contribution in [1.82, 2.24) is 4.98 Å². The van der Waals surface area contributed by atoms with Crippen molar-refractivity contribution in [1.29, 1.82) is 0 Å². The maximum absolute atomic E-state index is 11.7. The van der Waals surface area contributed by atoms with E-state index in [4.69, 9.17) is 21.1 Å². The SMILES string of the molecule is COc1cc(C=CC(=O)Nc2nccs2)cc(Cl)c1OC. The minimum Gasteiger partial charge on any atom is -0.493 e. The number of anilines is 1. The molecule has 0 spiro atoms. The largest absolute Gasteiger partial charge is 0.493 e. The lowest BCUT2D eigenvalue weighted by Gasteiger charge is -2.10. The Bertz CT molecular complexity index is 656. The van der Waals surface area contributed by atoms with E-state index < -0.39 is 0 Å². The van der Waals surface area contributed by atoms with Gasteiger partial charge in [0.15, 0.2) is 16.6 Å². The van der Waals surface area contributed by atoms with Crippen LogP contribution in [0.15, 0.2) is 29.8 Å². The highest BCUT2D eigenvalue weighted by molar-refractivity contribution is 7.13. The van der Waals surface area contributed by atoms with Crippen LogP contribution >= 0.6 is 22.9 Å². The number of thiazole rings is 1. The molecule has 0 bridgehead atoms. The van der Waals surface area contributed by atoms with E-state index in [1.54, 1.807) is 29.8 Å². The summed E-state index contributed by atoms with van der Waals surface area (Å²) in [6.45, 7) is 0. The van der Waals surface area contributed by atoms with Crippen LogP contribution in [0.25, 0.3) is 6.08 Å². The fourth-order valence-electron chi connectivity index (χ4n) is 1.64. The van der Waals surface area contributed by atoms with E-state index in [9.17, 15) is 4.79 Å². The summed E-state index contributed by atoms with van der Waals surface area (Å²) in [5.41, 5.74) is 0.729. The first-order chi connectivity index (χ1) is 10.1. The molecular weight excluding hydrogens is 312 g/mol. The number of nitrogens with one attached hydrogen (secondary N) is 1. The number of amides is 1. The summed E-state index contributed by atoms with van der Waals surface area (Å²) >= 11 is 7.45. The second kappa shape index (κ2) is 7.10.